The average molecular weight is 306 g/mol. The standard InChI is InChI=1S/C12H22N2O3S2/c1-18-7-4-9(10(15)16)14-11(17)13-8-12(19-2)5-3-6-12/h9H,3-8H2,1-2H3,(H,15,16)(H2,13,14,17). The molecule has 0 aromatic carbocycles. The highest BCUT2D eigenvalue weighted by atomic mass is 32.2. The molecule has 7 heteroatoms. The second kappa shape index (κ2) is 7.89. The zero-order valence-corrected chi connectivity index (χ0v) is 13.0. The van der Waals surface area contributed by atoms with Gasteiger partial charge in [-0.1, -0.05) is 6.42 Å². The topological polar surface area (TPSA) is 78.4 Å². The lowest BCUT2D eigenvalue weighted by Crippen LogP contribution is -2.51. The van der Waals surface area contributed by atoms with Crippen LogP contribution in [0.2, 0.25) is 0 Å². The SMILES string of the molecule is CSCCC(NC(=O)NCC1(SC)CCC1)C(=O)O. The van der Waals surface area contributed by atoms with Gasteiger partial charge in [0.25, 0.3) is 0 Å². The zero-order valence-electron chi connectivity index (χ0n) is 11.4. The Bertz CT molecular complexity index is 317. The van der Waals surface area contributed by atoms with Crippen LogP contribution in [0.1, 0.15) is 25.7 Å². The third-order valence-corrected chi connectivity index (χ3v) is 5.55. The maximum atomic E-state index is 11.7. The third kappa shape index (κ3) is 5.14. The molecule has 0 bridgehead atoms. The number of carboxylic acid groups (broad SMARTS) is 1. The normalized spacial score (nSPS) is 18.2. The molecule has 19 heavy (non-hydrogen) atoms. The van der Waals surface area contributed by atoms with Crippen molar-refractivity contribution in [3.8, 4) is 0 Å². The number of thioether (sulfide) groups is 2. The Hall–Kier alpha value is -0.560. The number of nitrogens with one attached hydrogen (secondary N) is 2. The molecular formula is C12H22N2O3S2. The number of carbonyl (C=O) groups is 2. The van der Waals surface area contributed by atoms with Gasteiger partial charge in [0.15, 0.2) is 0 Å². The van der Waals surface area contributed by atoms with E-state index in [4.69, 9.17) is 5.11 Å². The lowest BCUT2D eigenvalue weighted by Gasteiger charge is -2.40. The van der Waals surface area contributed by atoms with Crippen molar-refractivity contribution in [1.29, 1.82) is 0 Å². The molecule has 0 radical (unpaired) electrons. The van der Waals surface area contributed by atoms with Crippen LogP contribution in [0.25, 0.3) is 0 Å². The highest BCUT2D eigenvalue weighted by Crippen LogP contribution is 2.42. The Balaban J connectivity index is 2.33. The van der Waals surface area contributed by atoms with E-state index in [1.165, 1.54) is 6.42 Å². The van der Waals surface area contributed by atoms with Gasteiger partial charge in [-0.3, -0.25) is 0 Å². The first kappa shape index (κ1) is 16.5. The number of amides is 2. The Morgan fingerprint density at radius 2 is 2.05 bits per heavy atom. The van der Waals surface area contributed by atoms with Gasteiger partial charge in [0.2, 0.25) is 0 Å². The van der Waals surface area contributed by atoms with Gasteiger partial charge >= 0.3 is 12.0 Å². The van der Waals surface area contributed by atoms with Crippen molar-refractivity contribution in [2.24, 2.45) is 0 Å². The Morgan fingerprint density at radius 3 is 2.47 bits per heavy atom. The van der Waals surface area contributed by atoms with E-state index in [-0.39, 0.29) is 10.8 Å². The van der Waals surface area contributed by atoms with Crippen LogP contribution >= 0.6 is 23.5 Å². The van der Waals surface area contributed by atoms with Crippen molar-refractivity contribution >= 4 is 35.5 Å². The quantitative estimate of drug-likeness (QED) is 0.637. The molecule has 1 unspecified atom stereocenters. The summed E-state index contributed by atoms with van der Waals surface area (Å²) < 4.78 is 0.162. The molecule has 0 heterocycles. The van der Waals surface area contributed by atoms with E-state index in [0.717, 1.165) is 12.8 Å². The number of rotatable bonds is 8. The van der Waals surface area contributed by atoms with E-state index in [1.54, 1.807) is 23.5 Å². The van der Waals surface area contributed by atoms with Crippen LogP contribution in [0.3, 0.4) is 0 Å². The number of carboxylic acids is 1. The van der Waals surface area contributed by atoms with E-state index in [0.29, 0.717) is 18.7 Å². The molecule has 0 aromatic rings. The fourth-order valence-electron chi connectivity index (χ4n) is 1.97. The second-order valence-electron chi connectivity index (χ2n) is 4.74. The number of hydrogen-bond acceptors (Lipinski definition) is 4. The van der Waals surface area contributed by atoms with Crippen LogP contribution in [0.5, 0.6) is 0 Å². The molecule has 1 fully saturated rings. The number of aliphatic carboxylic acids is 1. The minimum Gasteiger partial charge on any atom is -0.480 e. The molecule has 0 aromatic heterocycles. The summed E-state index contributed by atoms with van der Waals surface area (Å²) in [5, 5.41) is 14.3. The van der Waals surface area contributed by atoms with E-state index in [2.05, 4.69) is 16.9 Å². The number of carbonyl (C=O) groups excluding carboxylic acids is 1. The van der Waals surface area contributed by atoms with Gasteiger partial charge in [-0.2, -0.15) is 23.5 Å². The van der Waals surface area contributed by atoms with Crippen LogP contribution in [0, 0.1) is 0 Å². The van der Waals surface area contributed by atoms with E-state index in [1.807, 2.05) is 6.26 Å². The smallest absolute Gasteiger partial charge is 0.326 e. The highest BCUT2D eigenvalue weighted by Gasteiger charge is 2.36. The molecule has 1 rings (SSSR count). The highest BCUT2D eigenvalue weighted by molar-refractivity contribution is 8.00. The summed E-state index contributed by atoms with van der Waals surface area (Å²) >= 11 is 3.35. The summed E-state index contributed by atoms with van der Waals surface area (Å²) in [5.41, 5.74) is 0. The minimum atomic E-state index is -0.979. The molecule has 1 aliphatic carbocycles. The van der Waals surface area contributed by atoms with Gasteiger partial charge < -0.3 is 15.7 Å². The predicted molar refractivity (Wildman–Crippen MR) is 81.1 cm³/mol. The monoisotopic (exact) mass is 306 g/mol. The van der Waals surface area contributed by atoms with Crippen molar-refractivity contribution in [2.45, 2.75) is 36.5 Å². The zero-order chi connectivity index (χ0) is 14.3. The van der Waals surface area contributed by atoms with Gasteiger partial charge in [-0.15, -0.1) is 0 Å². The van der Waals surface area contributed by atoms with Crippen LogP contribution in [0.4, 0.5) is 4.79 Å². The Kier molecular flexibility index (Phi) is 6.85. The second-order valence-corrected chi connectivity index (χ2v) is 7.00. The average Bonchev–Trinajstić information content (AvgIpc) is 2.33. The van der Waals surface area contributed by atoms with Gasteiger partial charge in [-0.05, 0) is 37.5 Å². The van der Waals surface area contributed by atoms with Crippen molar-refractivity contribution in [3.05, 3.63) is 0 Å². The summed E-state index contributed by atoms with van der Waals surface area (Å²) in [7, 11) is 0. The maximum Gasteiger partial charge on any atom is 0.326 e. The summed E-state index contributed by atoms with van der Waals surface area (Å²) in [6.07, 6.45) is 7.84. The fraction of sp³-hybridized carbons (Fsp3) is 0.833. The molecule has 0 spiro atoms. The molecule has 1 atom stereocenters. The van der Waals surface area contributed by atoms with Crippen molar-refractivity contribution in [1.82, 2.24) is 10.6 Å². The van der Waals surface area contributed by atoms with Crippen molar-refractivity contribution in [3.63, 3.8) is 0 Å². The van der Waals surface area contributed by atoms with Crippen molar-refractivity contribution in [2.75, 3.05) is 24.8 Å². The summed E-state index contributed by atoms with van der Waals surface area (Å²) in [6, 6.07) is -1.19. The van der Waals surface area contributed by atoms with Crippen LogP contribution in [-0.4, -0.2) is 52.7 Å². The summed E-state index contributed by atoms with van der Waals surface area (Å²) in [5.74, 6) is -0.265. The molecule has 3 N–H and O–H groups in total. The molecule has 2 amide bonds. The Morgan fingerprint density at radius 1 is 1.37 bits per heavy atom. The minimum absolute atomic E-state index is 0.162. The molecule has 110 valence electrons. The summed E-state index contributed by atoms with van der Waals surface area (Å²) in [6.45, 7) is 0.606. The first-order valence-corrected chi connectivity index (χ1v) is 8.96. The van der Waals surface area contributed by atoms with Crippen LogP contribution < -0.4 is 10.6 Å². The van der Waals surface area contributed by atoms with Crippen LogP contribution in [-0.2, 0) is 4.79 Å². The molecule has 1 saturated carbocycles. The molecule has 0 aliphatic heterocycles. The predicted octanol–water partition coefficient (Wildman–Crippen LogP) is 1.78. The first-order valence-electron chi connectivity index (χ1n) is 6.34. The van der Waals surface area contributed by atoms with Gasteiger partial charge in [-0.25, -0.2) is 9.59 Å². The molecular weight excluding hydrogens is 284 g/mol. The van der Waals surface area contributed by atoms with E-state index in [9.17, 15) is 9.59 Å². The first-order chi connectivity index (χ1) is 9.03. The van der Waals surface area contributed by atoms with Gasteiger partial charge in [0.05, 0.1) is 0 Å². The largest absolute Gasteiger partial charge is 0.480 e. The summed E-state index contributed by atoms with van der Waals surface area (Å²) in [4.78, 5) is 22.7. The van der Waals surface area contributed by atoms with Crippen LogP contribution in [0.15, 0.2) is 0 Å². The van der Waals surface area contributed by atoms with Gasteiger partial charge in [0, 0.05) is 11.3 Å². The third-order valence-electron chi connectivity index (χ3n) is 3.48. The molecule has 5 nitrogen and oxygen atoms in total. The fourth-order valence-corrected chi connectivity index (χ4v) is 3.35. The van der Waals surface area contributed by atoms with Crippen molar-refractivity contribution < 1.29 is 14.7 Å². The number of hydrogen-bond donors (Lipinski definition) is 3. The maximum absolute atomic E-state index is 11.7. The van der Waals surface area contributed by atoms with E-state index >= 15 is 0 Å². The lowest BCUT2D eigenvalue weighted by atomic mass is 9.84. The van der Waals surface area contributed by atoms with E-state index < -0.39 is 12.0 Å². The molecule has 0 saturated heterocycles. The number of urea groups is 1. The Labute approximate surface area is 122 Å². The lowest BCUT2D eigenvalue weighted by molar-refractivity contribution is -0.139. The molecule has 1 aliphatic rings. The van der Waals surface area contributed by atoms with Gasteiger partial charge in [0.1, 0.15) is 6.04 Å².